The molecule has 0 spiro atoms. The number of likely N-dealkylation sites (tertiary alicyclic amines) is 1. The molecule has 1 aliphatic rings. The molecule has 148 valence electrons. The summed E-state index contributed by atoms with van der Waals surface area (Å²) in [6, 6.07) is 8.51. The van der Waals surface area contributed by atoms with Gasteiger partial charge in [-0.15, -0.1) is 0 Å². The summed E-state index contributed by atoms with van der Waals surface area (Å²) in [5.41, 5.74) is 2.03. The largest absolute Gasteiger partial charge is 0.472 e. The summed E-state index contributed by atoms with van der Waals surface area (Å²) in [5, 5.41) is 8.34. The molecule has 0 radical (unpaired) electrons. The number of piperidine rings is 1. The van der Waals surface area contributed by atoms with Gasteiger partial charge in [-0.3, -0.25) is 9.59 Å². The second kappa shape index (κ2) is 9.07. The van der Waals surface area contributed by atoms with E-state index in [0.717, 1.165) is 5.56 Å². The average Bonchev–Trinajstić information content (AvgIpc) is 3.27. The maximum atomic E-state index is 12.3. The van der Waals surface area contributed by atoms with Crippen molar-refractivity contribution in [2.75, 3.05) is 20.1 Å². The fourth-order valence-corrected chi connectivity index (χ4v) is 3.13. The first-order chi connectivity index (χ1) is 13.6. The van der Waals surface area contributed by atoms with Crippen molar-refractivity contribution in [2.45, 2.75) is 25.4 Å². The third kappa shape index (κ3) is 4.91. The zero-order valence-corrected chi connectivity index (χ0v) is 15.7. The minimum absolute atomic E-state index is 0.0315. The molecule has 0 saturated carbocycles. The van der Waals surface area contributed by atoms with Gasteiger partial charge < -0.3 is 25.3 Å². The van der Waals surface area contributed by atoms with Crippen LogP contribution in [0.25, 0.3) is 0 Å². The van der Waals surface area contributed by atoms with Gasteiger partial charge in [-0.05, 0) is 36.6 Å². The van der Waals surface area contributed by atoms with Crippen LogP contribution < -0.4 is 16.0 Å². The molecule has 0 unspecified atom stereocenters. The third-order valence-corrected chi connectivity index (χ3v) is 4.78. The van der Waals surface area contributed by atoms with Crippen LogP contribution in [-0.2, 0) is 6.54 Å². The van der Waals surface area contributed by atoms with Gasteiger partial charge in [0, 0.05) is 38.3 Å². The second-order valence-electron chi connectivity index (χ2n) is 6.68. The minimum Gasteiger partial charge on any atom is -0.472 e. The molecular weight excluding hydrogens is 360 g/mol. The van der Waals surface area contributed by atoms with Gasteiger partial charge >= 0.3 is 6.03 Å². The van der Waals surface area contributed by atoms with Gasteiger partial charge in [-0.1, -0.05) is 12.1 Å². The van der Waals surface area contributed by atoms with Crippen LogP contribution in [0.3, 0.4) is 0 Å². The number of hydrogen-bond donors (Lipinski definition) is 3. The lowest BCUT2D eigenvalue weighted by Gasteiger charge is -2.32. The normalized spacial score (nSPS) is 14.4. The van der Waals surface area contributed by atoms with Crippen LogP contribution in [0.15, 0.2) is 47.3 Å². The highest BCUT2D eigenvalue weighted by atomic mass is 16.3. The average molecular weight is 384 g/mol. The zero-order valence-electron chi connectivity index (χ0n) is 15.7. The molecule has 1 aliphatic heterocycles. The molecule has 4 amide bonds. The van der Waals surface area contributed by atoms with E-state index < -0.39 is 0 Å². The number of amides is 4. The van der Waals surface area contributed by atoms with Crippen LogP contribution in [0.4, 0.5) is 4.79 Å². The van der Waals surface area contributed by atoms with Gasteiger partial charge in [0.05, 0.1) is 11.8 Å². The number of carbonyl (C=O) groups is 3. The Morgan fingerprint density at radius 2 is 1.79 bits per heavy atom. The number of urea groups is 1. The van der Waals surface area contributed by atoms with Crippen LogP contribution >= 0.6 is 0 Å². The smallest absolute Gasteiger partial charge is 0.315 e. The Morgan fingerprint density at radius 1 is 1.07 bits per heavy atom. The zero-order chi connectivity index (χ0) is 19.9. The molecule has 2 aromatic rings. The van der Waals surface area contributed by atoms with Crippen LogP contribution in [-0.4, -0.2) is 48.9 Å². The third-order valence-electron chi connectivity index (χ3n) is 4.78. The number of benzene rings is 1. The SMILES string of the molecule is CNC(=O)c1ccc(CNC(=O)NC2CCN(C(=O)c3ccoc3)CC2)cc1. The summed E-state index contributed by atoms with van der Waals surface area (Å²) in [7, 11) is 1.58. The van der Waals surface area contributed by atoms with Gasteiger partial charge in [-0.25, -0.2) is 4.79 Å². The highest BCUT2D eigenvalue weighted by molar-refractivity contribution is 5.94. The molecular formula is C20H24N4O4. The molecule has 1 saturated heterocycles. The van der Waals surface area contributed by atoms with Crippen LogP contribution in [0, 0.1) is 0 Å². The van der Waals surface area contributed by atoms with E-state index in [1.54, 1.807) is 30.1 Å². The summed E-state index contributed by atoms with van der Waals surface area (Å²) in [6.45, 7) is 1.56. The van der Waals surface area contributed by atoms with Crippen molar-refractivity contribution in [3.05, 3.63) is 59.5 Å². The van der Waals surface area contributed by atoms with E-state index in [4.69, 9.17) is 4.42 Å². The Balaban J connectivity index is 1.40. The molecule has 0 aliphatic carbocycles. The monoisotopic (exact) mass is 384 g/mol. The lowest BCUT2D eigenvalue weighted by molar-refractivity contribution is 0.0707. The molecule has 1 fully saturated rings. The molecule has 0 atom stereocenters. The molecule has 2 heterocycles. The predicted octanol–water partition coefficient (Wildman–Crippen LogP) is 1.74. The Labute approximate surface area is 163 Å². The number of furan rings is 1. The van der Waals surface area contributed by atoms with Crippen molar-refractivity contribution < 1.29 is 18.8 Å². The molecule has 8 nitrogen and oxygen atoms in total. The molecule has 8 heteroatoms. The topological polar surface area (TPSA) is 104 Å². The minimum atomic E-state index is -0.241. The van der Waals surface area contributed by atoms with Gasteiger partial charge in [-0.2, -0.15) is 0 Å². The Hall–Kier alpha value is -3.29. The van der Waals surface area contributed by atoms with Gasteiger partial charge in [0.1, 0.15) is 6.26 Å². The lowest BCUT2D eigenvalue weighted by Crippen LogP contribution is -2.49. The van der Waals surface area contributed by atoms with E-state index in [0.29, 0.717) is 43.6 Å². The van der Waals surface area contributed by atoms with E-state index >= 15 is 0 Å². The molecule has 3 rings (SSSR count). The Morgan fingerprint density at radius 3 is 2.39 bits per heavy atom. The van der Waals surface area contributed by atoms with Crippen molar-refractivity contribution in [3.63, 3.8) is 0 Å². The standard InChI is InChI=1S/C20H24N4O4/c1-21-18(25)15-4-2-14(3-5-15)12-22-20(27)23-17-6-9-24(10-7-17)19(26)16-8-11-28-13-16/h2-5,8,11,13,17H,6-7,9-10,12H2,1H3,(H,21,25)(H2,22,23,27). The Kier molecular flexibility index (Phi) is 6.31. The van der Waals surface area contributed by atoms with Gasteiger partial charge in [0.25, 0.3) is 11.8 Å². The van der Waals surface area contributed by atoms with E-state index in [-0.39, 0.29) is 23.9 Å². The number of hydrogen-bond acceptors (Lipinski definition) is 4. The van der Waals surface area contributed by atoms with Crippen LogP contribution in [0.1, 0.15) is 39.1 Å². The first-order valence-electron chi connectivity index (χ1n) is 9.23. The van der Waals surface area contributed by atoms with Gasteiger partial charge in [0.2, 0.25) is 0 Å². The van der Waals surface area contributed by atoms with E-state index in [9.17, 15) is 14.4 Å². The van der Waals surface area contributed by atoms with Crippen molar-refractivity contribution in [1.29, 1.82) is 0 Å². The summed E-state index contributed by atoms with van der Waals surface area (Å²) < 4.78 is 4.95. The number of nitrogens with one attached hydrogen (secondary N) is 3. The predicted molar refractivity (Wildman–Crippen MR) is 103 cm³/mol. The van der Waals surface area contributed by atoms with Crippen LogP contribution in [0.5, 0.6) is 0 Å². The van der Waals surface area contributed by atoms with Crippen LogP contribution in [0.2, 0.25) is 0 Å². The van der Waals surface area contributed by atoms with Gasteiger partial charge in [0.15, 0.2) is 0 Å². The number of carbonyl (C=O) groups excluding carboxylic acids is 3. The highest BCUT2D eigenvalue weighted by Gasteiger charge is 2.25. The molecule has 3 N–H and O–H groups in total. The second-order valence-corrected chi connectivity index (χ2v) is 6.68. The first-order valence-corrected chi connectivity index (χ1v) is 9.23. The molecule has 28 heavy (non-hydrogen) atoms. The fraction of sp³-hybridized carbons (Fsp3) is 0.350. The summed E-state index contributed by atoms with van der Waals surface area (Å²) in [6.07, 6.45) is 4.34. The first kappa shape index (κ1) is 19.5. The van der Waals surface area contributed by atoms with E-state index in [1.165, 1.54) is 12.5 Å². The quantitative estimate of drug-likeness (QED) is 0.730. The maximum absolute atomic E-state index is 12.3. The molecule has 1 aromatic carbocycles. The summed E-state index contributed by atoms with van der Waals surface area (Å²) in [5.74, 6) is -0.188. The number of nitrogens with zero attached hydrogens (tertiary/aromatic N) is 1. The summed E-state index contributed by atoms with van der Waals surface area (Å²) >= 11 is 0. The van der Waals surface area contributed by atoms with E-state index in [2.05, 4.69) is 16.0 Å². The highest BCUT2D eigenvalue weighted by Crippen LogP contribution is 2.14. The van der Waals surface area contributed by atoms with Crippen molar-refractivity contribution in [2.24, 2.45) is 0 Å². The fourth-order valence-electron chi connectivity index (χ4n) is 3.13. The van der Waals surface area contributed by atoms with Crippen molar-refractivity contribution in [1.82, 2.24) is 20.9 Å². The van der Waals surface area contributed by atoms with E-state index in [1.807, 2.05) is 12.1 Å². The molecule has 0 bridgehead atoms. The Bertz CT molecular complexity index is 809. The van der Waals surface area contributed by atoms with Crippen molar-refractivity contribution in [3.8, 4) is 0 Å². The maximum Gasteiger partial charge on any atom is 0.315 e. The number of rotatable bonds is 5. The summed E-state index contributed by atoms with van der Waals surface area (Å²) in [4.78, 5) is 37.7. The molecule has 1 aromatic heterocycles. The van der Waals surface area contributed by atoms with Crippen molar-refractivity contribution >= 4 is 17.8 Å². The lowest BCUT2D eigenvalue weighted by atomic mass is 10.0.